The summed E-state index contributed by atoms with van der Waals surface area (Å²) >= 11 is 0. The minimum atomic E-state index is -1.14. The van der Waals surface area contributed by atoms with Gasteiger partial charge >= 0.3 is 6.03 Å². The van der Waals surface area contributed by atoms with E-state index in [1.807, 2.05) is 50.6 Å². The number of amides is 2. The van der Waals surface area contributed by atoms with Crippen molar-refractivity contribution in [3.63, 3.8) is 0 Å². The number of nitrogens with one attached hydrogen (secondary N) is 2. The third kappa shape index (κ3) is 5.36. The van der Waals surface area contributed by atoms with Crippen LogP contribution in [0, 0.1) is 0 Å². The van der Waals surface area contributed by atoms with Gasteiger partial charge in [-0.2, -0.15) is 5.10 Å². The fraction of sp³-hybridized carbons (Fsp3) is 0.412. The summed E-state index contributed by atoms with van der Waals surface area (Å²) in [4.78, 5) is 14.0. The van der Waals surface area contributed by atoms with Crippen LogP contribution in [-0.4, -0.2) is 53.0 Å². The molecule has 0 bridgehead atoms. The molecule has 7 nitrogen and oxygen atoms in total. The Balaban J connectivity index is 1.83. The Morgan fingerprint density at radius 2 is 2.00 bits per heavy atom. The van der Waals surface area contributed by atoms with Crippen molar-refractivity contribution in [2.24, 2.45) is 0 Å². The maximum atomic E-state index is 12.0. The number of benzene rings is 1. The van der Waals surface area contributed by atoms with Gasteiger partial charge in [0.2, 0.25) is 0 Å². The molecule has 0 fully saturated rings. The largest absolute Gasteiger partial charge is 0.384 e. The quantitative estimate of drug-likeness (QED) is 0.718. The number of likely N-dealkylation sites (N-methyl/N-ethyl adjacent to an activating group) is 1. The van der Waals surface area contributed by atoms with Gasteiger partial charge in [0.15, 0.2) is 5.82 Å². The lowest BCUT2D eigenvalue weighted by Crippen LogP contribution is -2.40. The second kappa shape index (κ2) is 7.94. The molecule has 24 heavy (non-hydrogen) atoms. The molecule has 2 amide bonds. The summed E-state index contributed by atoms with van der Waals surface area (Å²) in [5.74, 6) is 0.477. The van der Waals surface area contributed by atoms with Crippen LogP contribution in [0.3, 0.4) is 0 Å². The van der Waals surface area contributed by atoms with E-state index in [-0.39, 0.29) is 6.54 Å². The van der Waals surface area contributed by atoms with Crippen molar-refractivity contribution in [2.75, 3.05) is 32.5 Å². The molecule has 0 spiro atoms. The van der Waals surface area contributed by atoms with E-state index in [2.05, 4.69) is 20.6 Å². The van der Waals surface area contributed by atoms with Crippen LogP contribution in [0.5, 0.6) is 0 Å². The van der Waals surface area contributed by atoms with Gasteiger partial charge in [0, 0.05) is 18.8 Å². The number of carbonyl (C=O) groups excluding carboxylic acids is 1. The van der Waals surface area contributed by atoms with Crippen molar-refractivity contribution < 1.29 is 9.90 Å². The zero-order valence-corrected chi connectivity index (χ0v) is 14.4. The molecule has 1 aromatic carbocycles. The summed E-state index contributed by atoms with van der Waals surface area (Å²) < 4.78 is 1.77. The van der Waals surface area contributed by atoms with Crippen LogP contribution in [0.4, 0.5) is 10.6 Å². The van der Waals surface area contributed by atoms with Gasteiger partial charge in [-0.3, -0.25) is 10.00 Å². The van der Waals surface area contributed by atoms with Crippen molar-refractivity contribution in [3.8, 4) is 0 Å². The summed E-state index contributed by atoms with van der Waals surface area (Å²) in [6.45, 7) is 3.38. The summed E-state index contributed by atoms with van der Waals surface area (Å²) in [5.41, 5.74) is -0.387. The maximum absolute atomic E-state index is 12.0. The Bertz CT molecular complexity index is 652. The van der Waals surface area contributed by atoms with Crippen LogP contribution in [0.25, 0.3) is 0 Å². The van der Waals surface area contributed by atoms with E-state index in [0.29, 0.717) is 5.82 Å². The van der Waals surface area contributed by atoms with E-state index in [1.165, 1.54) is 0 Å². The first-order chi connectivity index (χ1) is 11.4. The first-order valence-corrected chi connectivity index (χ1v) is 7.88. The third-order valence-electron chi connectivity index (χ3n) is 3.65. The van der Waals surface area contributed by atoms with Crippen molar-refractivity contribution >= 4 is 11.8 Å². The Morgan fingerprint density at radius 1 is 1.29 bits per heavy atom. The number of urea groups is 1. The van der Waals surface area contributed by atoms with Gasteiger partial charge in [-0.05, 0) is 26.6 Å². The minimum Gasteiger partial charge on any atom is -0.384 e. The molecule has 0 saturated carbocycles. The fourth-order valence-electron chi connectivity index (χ4n) is 2.17. The SMILES string of the molecule is CN(C)CCn1ccc(NC(=O)NCC(C)(O)c2ccccc2)n1. The van der Waals surface area contributed by atoms with Crippen molar-refractivity contribution in [2.45, 2.75) is 19.1 Å². The Hall–Kier alpha value is -2.38. The second-order valence-electron chi connectivity index (χ2n) is 6.21. The molecule has 0 aliphatic rings. The number of rotatable bonds is 7. The number of aliphatic hydroxyl groups is 1. The van der Waals surface area contributed by atoms with Crippen molar-refractivity contribution in [3.05, 3.63) is 48.2 Å². The average Bonchev–Trinajstić information content (AvgIpc) is 2.99. The molecular weight excluding hydrogens is 306 g/mol. The first-order valence-electron chi connectivity index (χ1n) is 7.88. The molecule has 1 unspecified atom stereocenters. The predicted molar refractivity (Wildman–Crippen MR) is 93.8 cm³/mol. The van der Waals surface area contributed by atoms with E-state index < -0.39 is 11.6 Å². The van der Waals surface area contributed by atoms with Gasteiger partial charge in [0.1, 0.15) is 5.60 Å². The number of anilines is 1. The number of nitrogens with zero attached hydrogens (tertiary/aromatic N) is 3. The van der Waals surface area contributed by atoms with E-state index in [4.69, 9.17) is 0 Å². The average molecular weight is 331 g/mol. The molecule has 0 aliphatic heterocycles. The first kappa shape index (κ1) is 18.0. The van der Waals surface area contributed by atoms with Crippen LogP contribution in [-0.2, 0) is 12.1 Å². The van der Waals surface area contributed by atoms with Crippen LogP contribution in [0.15, 0.2) is 42.6 Å². The smallest absolute Gasteiger partial charge is 0.320 e. The van der Waals surface area contributed by atoms with Crippen LogP contribution in [0.2, 0.25) is 0 Å². The zero-order chi connectivity index (χ0) is 17.6. The highest BCUT2D eigenvalue weighted by Gasteiger charge is 2.23. The fourth-order valence-corrected chi connectivity index (χ4v) is 2.17. The van der Waals surface area contributed by atoms with E-state index in [0.717, 1.165) is 18.7 Å². The standard InChI is InChI=1S/C17H25N5O2/c1-17(24,14-7-5-4-6-8-14)13-18-16(23)19-15-9-10-22(20-15)12-11-21(2)3/h4-10,24H,11-13H2,1-3H3,(H2,18,19,20,23). The van der Waals surface area contributed by atoms with Gasteiger partial charge in [0.05, 0.1) is 13.1 Å². The molecule has 7 heteroatoms. The molecule has 1 atom stereocenters. The van der Waals surface area contributed by atoms with Gasteiger partial charge < -0.3 is 15.3 Å². The molecular formula is C17H25N5O2. The number of hydrogen-bond acceptors (Lipinski definition) is 4. The molecule has 3 N–H and O–H groups in total. The Kier molecular flexibility index (Phi) is 5.94. The maximum Gasteiger partial charge on any atom is 0.320 e. The van der Waals surface area contributed by atoms with Gasteiger partial charge in [-0.15, -0.1) is 0 Å². The zero-order valence-electron chi connectivity index (χ0n) is 14.4. The third-order valence-corrected chi connectivity index (χ3v) is 3.65. The molecule has 130 valence electrons. The molecule has 0 radical (unpaired) electrons. The molecule has 1 heterocycles. The lowest BCUT2D eigenvalue weighted by atomic mass is 9.96. The lowest BCUT2D eigenvalue weighted by Gasteiger charge is -2.24. The number of carbonyl (C=O) groups is 1. The topological polar surface area (TPSA) is 82.4 Å². The monoisotopic (exact) mass is 331 g/mol. The molecule has 2 aromatic rings. The van der Waals surface area contributed by atoms with Crippen LogP contribution in [0.1, 0.15) is 12.5 Å². The predicted octanol–water partition coefficient (Wildman–Crippen LogP) is 1.47. The van der Waals surface area contributed by atoms with E-state index >= 15 is 0 Å². The normalized spacial score (nSPS) is 13.5. The highest BCUT2D eigenvalue weighted by atomic mass is 16.3. The minimum absolute atomic E-state index is 0.101. The molecule has 0 saturated heterocycles. The highest BCUT2D eigenvalue weighted by Crippen LogP contribution is 2.18. The lowest BCUT2D eigenvalue weighted by molar-refractivity contribution is 0.0599. The summed E-state index contributed by atoms with van der Waals surface area (Å²) in [6, 6.07) is 10.6. The molecule has 2 rings (SSSR count). The summed E-state index contributed by atoms with van der Waals surface area (Å²) in [6.07, 6.45) is 1.82. The summed E-state index contributed by atoms with van der Waals surface area (Å²) in [7, 11) is 3.99. The second-order valence-corrected chi connectivity index (χ2v) is 6.21. The van der Waals surface area contributed by atoms with Gasteiger partial charge in [-0.25, -0.2) is 4.79 Å². The highest BCUT2D eigenvalue weighted by molar-refractivity contribution is 5.88. The molecule has 1 aromatic heterocycles. The molecule has 0 aliphatic carbocycles. The van der Waals surface area contributed by atoms with Gasteiger partial charge in [0.25, 0.3) is 0 Å². The van der Waals surface area contributed by atoms with E-state index in [9.17, 15) is 9.90 Å². The van der Waals surface area contributed by atoms with Crippen molar-refractivity contribution in [1.82, 2.24) is 20.0 Å². The number of aromatic nitrogens is 2. The van der Waals surface area contributed by atoms with Gasteiger partial charge in [-0.1, -0.05) is 30.3 Å². The summed E-state index contributed by atoms with van der Waals surface area (Å²) in [5, 5.41) is 20.1. The van der Waals surface area contributed by atoms with Crippen LogP contribution >= 0.6 is 0 Å². The Labute approximate surface area is 142 Å². The van der Waals surface area contributed by atoms with E-state index in [1.54, 1.807) is 17.7 Å². The van der Waals surface area contributed by atoms with Crippen molar-refractivity contribution in [1.29, 1.82) is 0 Å². The Morgan fingerprint density at radius 3 is 2.67 bits per heavy atom. The van der Waals surface area contributed by atoms with Crippen LogP contribution < -0.4 is 10.6 Å². The number of hydrogen-bond donors (Lipinski definition) is 3.